The van der Waals surface area contributed by atoms with E-state index in [0.717, 1.165) is 18.1 Å². The predicted octanol–water partition coefficient (Wildman–Crippen LogP) is 1.94. The van der Waals surface area contributed by atoms with E-state index in [1.807, 2.05) is 13.0 Å². The third-order valence-corrected chi connectivity index (χ3v) is 1.51. The maximum atomic E-state index is 10.8. The molecule has 0 atom stereocenters. The SMILES string of the molecule is C=CC(=O)Oc1[c]c(CC)c[c]c1. The van der Waals surface area contributed by atoms with E-state index in [2.05, 4.69) is 18.7 Å². The van der Waals surface area contributed by atoms with Crippen molar-refractivity contribution in [2.45, 2.75) is 13.3 Å². The third-order valence-electron chi connectivity index (χ3n) is 1.51. The van der Waals surface area contributed by atoms with Crippen LogP contribution in [0.4, 0.5) is 0 Å². The Morgan fingerprint density at radius 1 is 1.69 bits per heavy atom. The number of hydrogen-bond acceptors (Lipinski definition) is 2. The fraction of sp³-hybridized carbons (Fsp3) is 0.182. The van der Waals surface area contributed by atoms with Gasteiger partial charge in [0, 0.05) is 12.1 Å². The second kappa shape index (κ2) is 4.45. The van der Waals surface area contributed by atoms with Crippen molar-refractivity contribution in [3.63, 3.8) is 0 Å². The number of benzene rings is 1. The Balaban J connectivity index is 2.77. The van der Waals surface area contributed by atoms with Crippen LogP contribution in [0.2, 0.25) is 0 Å². The lowest BCUT2D eigenvalue weighted by Gasteiger charge is -2.01. The summed E-state index contributed by atoms with van der Waals surface area (Å²) in [6.45, 7) is 5.30. The molecule has 66 valence electrons. The summed E-state index contributed by atoms with van der Waals surface area (Å²) < 4.78 is 4.86. The lowest BCUT2D eigenvalue weighted by Crippen LogP contribution is -2.03. The molecule has 0 spiro atoms. The van der Waals surface area contributed by atoms with Crippen molar-refractivity contribution in [1.29, 1.82) is 0 Å². The van der Waals surface area contributed by atoms with Gasteiger partial charge in [-0.3, -0.25) is 0 Å². The first-order chi connectivity index (χ1) is 6.26. The Hall–Kier alpha value is -1.57. The summed E-state index contributed by atoms with van der Waals surface area (Å²) in [7, 11) is 0. The van der Waals surface area contributed by atoms with Crippen molar-refractivity contribution < 1.29 is 9.53 Å². The second-order valence-electron chi connectivity index (χ2n) is 2.45. The van der Waals surface area contributed by atoms with Crippen molar-refractivity contribution in [3.8, 4) is 5.75 Å². The minimum atomic E-state index is -0.474. The van der Waals surface area contributed by atoms with Crippen LogP contribution in [-0.2, 0) is 11.2 Å². The number of ether oxygens (including phenoxy) is 1. The normalized spacial score (nSPS) is 9.31. The first kappa shape index (κ1) is 9.52. The zero-order valence-corrected chi connectivity index (χ0v) is 7.46. The van der Waals surface area contributed by atoms with E-state index in [-0.39, 0.29) is 0 Å². The summed E-state index contributed by atoms with van der Waals surface area (Å²) in [6, 6.07) is 9.19. The maximum absolute atomic E-state index is 10.8. The van der Waals surface area contributed by atoms with E-state index in [9.17, 15) is 4.79 Å². The summed E-state index contributed by atoms with van der Waals surface area (Å²) in [5.74, 6) is -0.0813. The molecule has 0 unspecified atom stereocenters. The average molecular weight is 174 g/mol. The number of aryl methyl sites for hydroxylation is 1. The highest BCUT2D eigenvalue weighted by atomic mass is 16.5. The van der Waals surface area contributed by atoms with Gasteiger partial charge in [-0.25, -0.2) is 4.79 Å². The first-order valence-corrected chi connectivity index (χ1v) is 4.02. The minimum absolute atomic E-state index is 0.393. The standard InChI is InChI=1S/C11H10O2/c1-3-9-6-5-7-10(8-9)13-11(12)4-2/h4,6-7H,2-3H2,1H3. The van der Waals surface area contributed by atoms with Crippen LogP contribution in [0.3, 0.4) is 0 Å². The Bertz CT molecular complexity index is 316. The van der Waals surface area contributed by atoms with Gasteiger partial charge in [-0.1, -0.05) is 19.6 Å². The number of esters is 1. The summed E-state index contributed by atoms with van der Waals surface area (Å²) in [5, 5.41) is 0. The molecule has 0 bridgehead atoms. The van der Waals surface area contributed by atoms with Crippen molar-refractivity contribution >= 4 is 5.97 Å². The van der Waals surface area contributed by atoms with Gasteiger partial charge >= 0.3 is 5.97 Å². The van der Waals surface area contributed by atoms with Crippen molar-refractivity contribution in [2.24, 2.45) is 0 Å². The topological polar surface area (TPSA) is 26.3 Å². The van der Waals surface area contributed by atoms with Crippen LogP contribution in [-0.4, -0.2) is 5.97 Å². The molecule has 2 radical (unpaired) electrons. The van der Waals surface area contributed by atoms with Gasteiger partial charge < -0.3 is 4.74 Å². The average Bonchev–Trinajstić information content (AvgIpc) is 2.18. The van der Waals surface area contributed by atoms with Crippen LogP contribution < -0.4 is 4.74 Å². The Morgan fingerprint density at radius 2 is 2.46 bits per heavy atom. The van der Waals surface area contributed by atoms with Crippen LogP contribution in [0.25, 0.3) is 0 Å². The molecule has 0 heterocycles. The van der Waals surface area contributed by atoms with Gasteiger partial charge in [-0.2, -0.15) is 0 Å². The molecule has 1 rings (SSSR count). The summed E-state index contributed by atoms with van der Waals surface area (Å²) >= 11 is 0. The quantitative estimate of drug-likeness (QED) is 0.397. The van der Waals surface area contributed by atoms with Gasteiger partial charge in [0.25, 0.3) is 0 Å². The zero-order valence-electron chi connectivity index (χ0n) is 7.46. The molecule has 0 aliphatic rings. The molecule has 2 heteroatoms. The molecule has 1 aromatic rings. The molecule has 0 saturated heterocycles. The first-order valence-electron chi connectivity index (χ1n) is 4.02. The fourth-order valence-corrected chi connectivity index (χ4v) is 0.844. The fourth-order valence-electron chi connectivity index (χ4n) is 0.844. The summed E-state index contributed by atoms with van der Waals surface area (Å²) in [6.07, 6.45) is 1.96. The maximum Gasteiger partial charge on any atom is 0.335 e. The van der Waals surface area contributed by atoms with Gasteiger partial charge in [0.2, 0.25) is 0 Å². The largest absolute Gasteiger partial charge is 0.423 e. The molecular weight excluding hydrogens is 164 g/mol. The minimum Gasteiger partial charge on any atom is -0.423 e. The van der Waals surface area contributed by atoms with Gasteiger partial charge in [-0.15, -0.1) is 0 Å². The predicted molar refractivity (Wildman–Crippen MR) is 49.3 cm³/mol. The van der Waals surface area contributed by atoms with E-state index < -0.39 is 5.97 Å². The molecule has 0 saturated carbocycles. The van der Waals surface area contributed by atoms with E-state index >= 15 is 0 Å². The third kappa shape index (κ3) is 2.75. The summed E-state index contributed by atoms with van der Waals surface area (Å²) in [4.78, 5) is 10.8. The van der Waals surface area contributed by atoms with Crippen molar-refractivity contribution in [1.82, 2.24) is 0 Å². The van der Waals surface area contributed by atoms with Crippen molar-refractivity contribution in [3.05, 3.63) is 42.5 Å². The van der Waals surface area contributed by atoms with Crippen LogP contribution in [0.5, 0.6) is 5.75 Å². The molecule has 0 amide bonds. The molecular formula is C11H10O2. The van der Waals surface area contributed by atoms with E-state index in [4.69, 9.17) is 4.74 Å². The Kier molecular flexibility index (Phi) is 3.26. The van der Waals surface area contributed by atoms with Crippen LogP contribution in [0, 0.1) is 12.1 Å². The molecule has 0 N–H and O–H groups in total. The Morgan fingerprint density at radius 3 is 3.08 bits per heavy atom. The van der Waals surface area contributed by atoms with Crippen molar-refractivity contribution in [2.75, 3.05) is 0 Å². The lowest BCUT2D eigenvalue weighted by molar-refractivity contribution is -0.128. The molecule has 0 aromatic heterocycles. The molecule has 0 aliphatic heterocycles. The highest BCUT2D eigenvalue weighted by molar-refractivity contribution is 5.83. The highest BCUT2D eigenvalue weighted by Gasteiger charge is 2.00. The van der Waals surface area contributed by atoms with Crippen LogP contribution in [0.15, 0.2) is 24.8 Å². The van der Waals surface area contributed by atoms with Gasteiger partial charge in [-0.05, 0) is 24.1 Å². The lowest BCUT2D eigenvalue weighted by atomic mass is 10.2. The molecule has 0 aliphatic carbocycles. The monoisotopic (exact) mass is 174 g/mol. The highest BCUT2D eigenvalue weighted by Crippen LogP contribution is 2.12. The molecule has 0 fully saturated rings. The van der Waals surface area contributed by atoms with Gasteiger partial charge in [0.15, 0.2) is 0 Å². The van der Waals surface area contributed by atoms with Gasteiger partial charge in [0.05, 0.1) is 0 Å². The van der Waals surface area contributed by atoms with E-state index in [1.165, 1.54) is 0 Å². The smallest absolute Gasteiger partial charge is 0.335 e. The zero-order chi connectivity index (χ0) is 9.68. The van der Waals surface area contributed by atoms with Gasteiger partial charge in [0.1, 0.15) is 5.75 Å². The number of carbonyl (C=O) groups is 1. The molecule has 1 aromatic carbocycles. The van der Waals surface area contributed by atoms with Crippen LogP contribution >= 0.6 is 0 Å². The Labute approximate surface area is 77.8 Å². The molecule has 13 heavy (non-hydrogen) atoms. The number of carbonyl (C=O) groups excluding carboxylic acids is 1. The summed E-state index contributed by atoms with van der Waals surface area (Å²) in [5.41, 5.74) is 0.967. The number of rotatable bonds is 3. The van der Waals surface area contributed by atoms with Crippen LogP contribution in [0.1, 0.15) is 12.5 Å². The second-order valence-corrected chi connectivity index (χ2v) is 2.45. The number of hydrogen-bond donors (Lipinski definition) is 0. The van der Waals surface area contributed by atoms with E-state index in [1.54, 1.807) is 6.07 Å². The molecule has 2 nitrogen and oxygen atoms in total. The van der Waals surface area contributed by atoms with E-state index in [0.29, 0.717) is 5.75 Å².